The first kappa shape index (κ1) is 20.2. The largest absolute Gasteiger partial charge is 0.292 e. The average Bonchev–Trinajstić information content (AvgIpc) is 2.75. The summed E-state index contributed by atoms with van der Waals surface area (Å²) in [6.07, 6.45) is 3.78. The van der Waals surface area contributed by atoms with E-state index in [1.54, 1.807) is 0 Å². The molecule has 0 aromatic heterocycles. The maximum Gasteiger partial charge on any atom is 0.0406 e. The molecule has 1 aliphatic rings. The molecule has 0 bridgehead atoms. The third-order valence-corrected chi connectivity index (χ3v) is 6.38. The zero-order valence-corrected chi connectivity index (χ0v) is 18.2. The normalized spacial score (nSPS) is 17.6. The van der Waals surface area contributed by atoms with E-state index in [0.717, 1.165) is 18.1 Å². The molecule has 2 heteroatoms. The highest BCUT2D eigenvalue weighted by Gasteiger charge is 2.25. The summed E-state index contributed by atoms with van der Waals surface area (Å²) < 4.78 is 0. The summed E-state index contributed by atoms with van der Waals surface area (Å²) in [5, 5.41) is 0.812. The summed E-state index contributed by atoms with van der Waals surface area (Å²) in [5.74, 6) is 0.510. The molecule has 1 saturated heterocycles. The Bertz CT molecular complexity index is 945. The Balaban J connectivity index is 1.67. The van der Waals surface area contributed by atoms with Crippen molar-refractivity contribution in [2.75, 3.05) is 6.54 Å². The van der Waals surface area contributed by atoms with E-state index in [1.165, 1.54) is 47.1 Å². The van der Waals surface area contributed by atoms with Gasteiger partial charge >= 0.3 is 0 Å². The van der Waals surface area contributed by atoms with Gasteiger partial charge in [-0.3, -0.25) is 4.90 Å². The Morgan fingerprint density at radius 3 is 2.31 bits per heavy atom. The highest BCUT2D eigenvalue weighted by Crippen LogP contribution is 2.36. The van der Waals surface area contributed by atoms with Crippen LogP contribution in [0.15, 0.2) is 72.8 Å². The molecule has 1 fully saturated rings. The first-order chi connectivity index (χ1) is 14.1. The minimum Gasteiger partial charge on any atom is -0.292 e. The number of hydrogen-bond donors (Lipinski definition) is 0. The SMILES string of the molecule is CC(C)c1ccccc1-c1ccccc1CN1CCCC[C@H]1c1ccc(Cl)cc1. The van der Waals surface area contributed by atoms with Crippen LogP contribution in [0, 0.1) is 0 Å². The molecule has 0 amide bonds. The molecule has 1 nitrogen and oxygen atoms in total. The lowest BCUT2D eigenvalue weighted by molar-refractivity contribution is 0.140. The topological polar surface area (TPSA) is 3.24 Å². The Morgan fingerprint density at radius 1 is 0.862 bits per heavy atom. The van der Waals surface area contributed by atoms with Crippen LogP contribution in [0.2, 0.25) is 5.02 Å². The fraction of sp³-hybridized carbons (Fsp3) is 0.333. The number of halogens is 1. The molecule has 3 aromatic carbocycles. The molecule has 0 spiro atoms. The predicted molar refractivity (Wildman–Crippen MR) is 124 cm³/mol. The van der Waals surface area contributed by atoms with Gasteiger partial charge in [-0.15, -0.1) is 0 Å². The zero-order valence-electron chi connectivity index (χ0n) is 17.4. The summed E-state index contributed by atoms with van der Waals surface area (Å²) in [6, 6.07) is 26.7. The van der Waals surface area contributed by atoms with Crippen molar-refractivity contribution in [2.24, 2.45) is 0 Å². The van der Waals surface area contributed by atoms with E-state index >= 15 is 0 Å². The third-order valence-electron chi connectivity index (χ3n) is 6.13. The van der Waals surface area contributed by atoms with Crippen LogP contribution < -0.4 is 0 Å². The molecular weight excluding hydrogens is 374 g/mol. The molecule has 0 unspecified atom stereocenters. The van der Waals surface area contributed by atoms with Crippen molar-refractivity contribution in [1.29, 1.82) is 0 Å². The van der Waals surface area contributed by atoms with Gasteiger partial charge in [0.15, 0.2) is 0 Å². The number of likely N-dealkylation sites (tertiary alicyclic amines) is 1. The smallest absolute Gasteiger partial charge is 0.0406 e. The van der Waals surface area contributed by atoms with Crippen LogP contribution in [0.5, 0.6) is 0 Å². The van der Waals surface area contributed by atoms with E-state index in [4.69, 9.17) is 11.6 Å². The lowest BCUT2D eigenvalue weighted by Gasteiger charge is -2.36. The standard InChI is InChI=1S/C27H30ClN/c1-20(2)24-10-5-6-12-26(24)25-11-4-3-9-22(25)19-29-18-8-7-13-27(29)21-14-16-23(28)17-15-21/h3-6,9-12,14-17,20,27H,7-8,13,18-19H2,1-2H3/t27-/m0/s1. The second-order valence-corrected chi connectivity index (χ2v) is 8.87. The van der Waals surface area contributed by atoms with Crippen LogP contribution in [-0.4, -0.2) is 11.4 Å². The van der Waals surface area contributed by atoms with Crippen molar-refractivity contribution >= 4 is 11.6 Å². The number of rotatable bonds is 5. The van der Waals surface area contributed by atoms with Crippen molar-refractivity contribution in [1.82, 2.24) is 4.90 Å². The Kier molecular flexibility index (Phi) is 6.37. The second kappa shape index (κ2) is 9.15. The van der Waals surface area contributed by atoms with E-state index in [2.05, 4.69) is 79.4 Å². The lowest BCUT2D eigenvalue weighted by Crippen LogP contribution is -2.33. The molecule has 3 aromatic rings. The first-order valence-electron chi connectivity index (χ1n) is 10.8. The molecule has 0 aliphatic carbocycles. The van der Waals surface area contributed by atoms with Crippen LogP contribution in [0.4, 0.5) is 0 Å². The van der Waals surface area contributed by atoms with Gasteiger partial charge in [-0.1, -0.05) is 92.5 Å². The van der Waals surface area contributed by atoms with Gasteiger partial charge in [0.25, 0.3) is 0 Å². The highest BCUT2D eigenvalue weighted by molar-refractivity contribution is 6.30. The van der Waals surface area contributed by atoms with E-state index in [1.807, 2.05) is 12.1 Å². The molecule has 4 rings (SSSR count). The molecule has 29 heavy (non-hydrogen) atoms. The number of hydrogen-bond acceptors (Lipinski definition) is 1. The van der Waals surface area contributed by atoms with Gasteiger partial charge in [-0.2, -0.15) is 0 Å². The van der Waals surface area contributed by atoms with Crippen molar-refractivity contribution < 1.29 is 0 Å². The van der Waals surface area contributed by atoms with Crippen molar-refractivity contribution in [3.63, 3.8) is 0 Å². The highest BCUT2D eigenvalue weighted by atomic mass is 35.5. The molecule has 1 aliphatic heterocycles. The molecule has 150 valence electrons. The summed E-state index contributed by atoms with van der Waals surface area (Å²) in [6.45, 7) is 6.69. The van der Waals surface area contributed by atoms with Crippen molar-refractivity contribution in [2.45, 2.75) is 51.6 Å². The monoisotopic (exact) mass is 403 g/mol. The van der Waals surface area contributed by atoms with Gasteiger partial charge in [0.1, 0.15) is 0 Å². The van der Waals surface area contributed by atoms with Crippen molar-refractivity contribution in [3.8, 4) is 11.1 Å². The molecule has 1 atom stereocenters. The summed E-state index contributed by atoms with van der Waals surface area (Å²) >= 11 is 6.13. The molecular formula is C27H30ClN. The fourth-order valence-electron chi connectivity index (χ4n) is 4.63. The zero-order chi connectivity index (χ0) is 20.2. The summed E-state index contributed by atoms with van der Waals surface area (Å²) in [7, 11) is 0. The Labute approximate surface area is 180 Å². The fourth-order valence-corrected chi connectivity index (χ4v) is 4.75. The van der Waals surface area contributed by atoms with Gasteiger partial charge in [-0.05, 0) is 65.3 Å². The maximum absolute atomic E-state index is 6.13. The molecule has 1 heterocycles. The van der Waals surface area contributed by atoms with Crippen LogP contribution in [0.3, 0.4) is 0 Å². The second-order valence-electron chi connectivity index (χ2n) is 8.43. The van der Waals surface area contributed by atoms with Crippen LogP contribution in [-0.2, 0) is 6.54 Å². The van der Waals surface area contributed by atoms with E-state index in [-0.39, 0.29) is 0 Å². The van der Waals surface area contributed by atoms with Gasteiger partial charge in [0.05, 0.1) is 0 Å². The minimum atomic E-state index is 0.467. The summed E-state index contributed by atoms with van der Waals surface area (Å²) in [5.41, 5.74) is 6.97. The molecule has 0 saturated carbocycles. The van der Waals surface area contributed by atoms with E-state index in [9.17, 15) is 0 Å². The predicted octanol–water partition coefficient (Wildman–Crippen LogP) is 7.86. The van der Waals surface area contributed by atoms with Gasteiger partial charge < -0.3 is 0 Å². The molecule has 0 radical (unpaired) electrons. The van der Waals surface area contributed by atoms with Crippen LogP contribution in [0.25, 0.3) is 11.1 Å². The van der Waals surface area contributed by atoms with Crippen molar-refractivity contribution in [3.05, 3.63) is 94.5 Å². The van der Waals surface area contributed by atoms with Gasteiger partial charge in [-0.25, -0.2) is 0 Å². The van der Waals surface area contributed by atoms with Gasteiger partial charge in [0, 0.05) is 17.6 Å². The van der Waals surface area contributed by atoms with E-state index < -0.39 is 0 Å². The molecule has 0 N–H and O–H groups in total. The number of nitrogens with zero attached hydrogens (tertiary/aromatic N) is 1. The minimum absolute atomic E-state index is 0.467. The Hall–Kier alpha value is -2.09. The van der Waals surface area contributed by atoms with Gasteiger partial charge in [0.2, 0.25) is 0 Å². The quantitative estimate of drug-likeness (QED) is 0.419. The first-order valence-corrected chi connectivity index (χ1v) is 11.2. The number of benzene rings is 3. The van der Waals surface area contributed by atoms with Crippen LogP contribution >= 0.6 is 11.6 Å². The number of piperidine rings is 1. The van der Waals surface area contributed by atoms with E-state index in [0.29, 0.717) is 12.0 Å². The lowest BCUT2D eigenvalue weighted by atomic mass is 9.89. The Morgan fingerprint density at radius 2 is 1.55 bits per heavy atom. The summed E-state index contributed by atoms with van der Waals surface area (Å²) in [4.78, 5) is 2.66. The van der Waals surface area contributed by atoms with Crippen LogP contribution in [0.1, 0.15) is 61.8 Å². The average molecular weight is 404 g/mol. The third kappa shape index (κ3) is 4.57. The maximum atomic E-state index is 6.13.